The first-order valence-corrected chi connectivity index (χ1v) is 6.59. The number of hydrogen-bond donors (Lipinski definition) is 2. The maximum Gasteiger partial charge on any atom is 0.250 e. The highest BCUT2D eigenvalue weighted by molar-refractivity contribution is 9.10. The molecule has 3 rings (SSSR count). The van der Waals surface area contributed by atoms with Crippen molar-refractivity contribution in [2.75, 3.05) is 0 Å². The molecule has 3 aromatic rings. The Hall–Kier alpha value is -2.21. The van der Waals surface area contributed by atoms with Crippen LogP contribution in [0.3, 0.4) is 0 Å². The Balaban J connectivity index is 2.23. The second-order valence-electron chi connectivity index (χ2n) is 4.28. The van der Waals surface area contributed by atoms with Crippen molar-refractivity contribution in [3.63, 3.8) is 0 Å². The number of para-hydroxylation sites is 1. The van der Waals surface area contributed by atoms with Crippen LogP contribution in [0.2, 0.25) is 0 Å². The highest BCUT2D eigenvalue weighted by Crippen LogP contribution is 2.26. The summed E-state index contributed by atoms with van der Waals surface area (Å²) in [6.07, 6.45) is 0. The molecule has 1 amide bonds. The van der Waals surface area contributed by atoms with E-state index in [0.717, 1.165) is 0 Å². The van der Waals surface area contributed by atoms with Crippen LogP contribution in [0.15, 0.2) is 40.9 Å². The summed E-state index contributed by atoms with van der Waals surface area (Å²) in [6.45, 7) is 0. The fourth-order valence-electron chi connectivity index (χ4n) is 2.04. The van der Waals surface area contributed by atoms with Gasteiger partial charge < -0.3 is 10.7 Å². The molecule has 0 fully saturated rings. The number of nitrogens with one attached hydrogen (secondary N) is 1. The number of aromatic nitrogens is 2. The van der Waals surface area contributed by atoms with Gasteiger partial charge in [0.25, 0.3) is 5.91 Å². The Morgan fingerprint density at radius 3 is 2.80 bits per heavy atom. The molecular weight excluding hydrogens is 325 g/mol. The molecular formula is C14H9BrFN3O. The summed E-state index contributed by atoms with van der Waals surface area (Å²) in [5, 5.41) is 0. The van der Waals surface area contributed by atoms with Crippen LogP contribution in [0.5, 0.6) is 0 Å². The average Bonchev–Trinajstić information content (AvgIpc) is 2.81. The zero-order valence-corrected chi connectivity index (χ0v) is 11.7. The molecule has 3 N–H and O–H groups in total. The van der Waals surface area contributed by atoms with E-state index in [4.69, 9.17) is 5.73 Å². The van der Waals surface area contributed by atoms with Gasteiger partial charge in [0.15, 0.2) is 0 Å². The van der Waals surface area contributed by atoms with E-state index in [1.807, 2.05) is 0 Å². The summed E-state index contributed by atoms with van der Waals surface area (Å²) < 4.78 is 14.6. The summed E-state index contributed by atoms with van der Waals surface area (Å²) in [5.74, 6) is -0.609. The van der Waals surface area contributed by atoms with E-state index in [9.17, 15) is 9.18 Å². The van der Waals surface area contributed by atoms with Gasteiger partial charge in [0.2, 0.25) is 0 Å². The van der Waals surface area contributed by atoms with Gasteiger partial charge in [0.05, 0.1) is 16.6 Å². The molecule has 20 heavy (non-hydrogen) atoms. The van der Waals surface area contributed by atoms with E-state index in [0.29, 0.717) is 32.5 Å². The third-order valence-corrected chi connectivity index (χ3v) is 3.46. The topological polar surface area (TPSA) is 71.8 Å². The summed E-state index contributed by atoms with van der Waals surface area (Å²) in [7, 11) is 0. The van der Waals surface area contributed by atoms with Crippen molar-refractivity contribution >= 4 is 32.9 Å². The number of aromatic amines is 1. The lowest BCUT2D eigenvalue weighted by Crippen LogP contribution is -2.11. The van der Waals surface area contributed by atoms with Crippen molar-refractivity contribution in [1.82, 2.24) is 9.97 Å². The van der Waals surface area contributed by atoms with Crippen LogP contribution in [0.25, 0.3) is 22.4 Å². The number of rotatable bonds is 2. The van der Waals surface area contributed by atoms with E-state index in [-0.39, 0.29) is 0 Å². The van der Waals surface area contributed by atoms with Crippen molar-refractivity contribution in [2.45, 2.75) is 0 Å². The van der Waals surface area contributed by atoms with E-state index in [2.05, 4.69) is 25.9 Å². The number of carbonyl (C=O) groups is 1. The van der Waals surface area contributed by atoms with E-state index >= 15 is 0 Å². The maximum atomic E-state index is 13.9. The van der Waals surface area contributed by atoms with Crippen molar-refractivity contribution in [3.05, 3.63) is 52.3 Å². The number of primary amides is 1. The number of fused-ring (bicyclic) bond motifs is 1. The molecule has 0 atom stereocenters. The van der Waals surface area contributed by atoms with Crippen LogP contribution >= 0.6 is 15.9 Å². The molecule has 0 bridgehead atoms. The minimum absolute atomic E-state index is 0.308. The lowest BCUT2D eigenvalue weighted by atomic mass is 10.2. The largest absolute Gasteiger partial charge is 0.366 e. The Labute approximate surface area is 121 Å². The Kier molecular flexibility index (Phi) is 3.02. The standard InChI is InChI=1S/C14H9BrFN3O/c15-7-4-5-8(10(16)6-7)14-18-11-3-1-2-9(13(17)20)12(11)19-14/h1-6H,(H2,17,20)(H,18,19). The van der Waals surface area contributed by atoms with Crippen LogP contribution in [-0.2, 0) is 0 Å². The molecule has 0 aliphatic carbocycles. The molecule has 0 radical (unpaired) electrons. The lowest BCUT2D eigenvalue weighted by Gasteiger charge is -1.99. The Morgan fingerprint density at radius 2 is 2.10 bits per heavy atom. The Morgan fingerprint density at radius 1 is 1.30 bits per heavy atom. The van der Waals surface area contributed by atoms with Crippen molar-refractivity contribution in [3.8, 4) is 11.4 Å². The van der Waals surface area contributed by atoms with Crippen molar-refractivity contribution < 1.29 is 9.18 Å². The van der Waals surface area contributed by atoms with Gasteiger partial charge in [-0.1, -0.05) is 22.0 Å². The number of halogens is 2. The second-order valence-corrected chi connectivity index (χ2v) is 5.19. The molecule has 0 aliphatic heterocycles. The molecule has 1 heterocycles. The first kappa shape index (κ1) is 12.8. The smallest absolute Gasteiger partial charge is 0.250 e. The maximum absolute atomic E-state index is 13.9. The average molecular weight is 334 g/mol. The summed E-state index contributed by atoms with van der Waals surface area (Å²) >= 11 is 3.20. The van der Waals surface area contributed by atoms with Crippen LogP contribution in [0, 0.1) is 5.82 Å². The zero-order chi connectivity index (χ0) is 14.3. The Bertz CT molecular complexity index is 828. The molecule has 0 spiro atoms. The van der Waals surface area contributed by atoms with Gasteiger partial charge in [-0.3, -0.25) is 4.79 Å². The van der Waals surface area contributed by atoms with E-state index in [1.165, 1.54) is 6.07 Å². The fraction of sp³-hybridized carbons (Fsp3) is 0. The monoisotopic (exact) mass is 333 g/mol. The summed E-state index contributed by atoms with van der Waals surface area (Å²) in [4.78, 5) is 18.6. The summed E-state index contributed by atoms with van der Waals surface area (Å²) in [6, 6.07) is 9.74. The van der Waals surface area contributed by atoms with Crippen LogP contribution in [0.4, 0.5) is 4.39 Å². The number of amides is 1. The number of H-pyrrole nitrogens is 1. The number of nitrogens with two attached hydrogens (primary N) is 1. The SMILES string of the molecule is NC(=O)c1cccc2[nH]c(-c3ccc(Br)cc3F)nc12. The zero-order valence-electron chi connectivity index (χ0n) is 10.2. The highest BCUT2D eigenvalue weighted by Gasteiger charge is 2.14. The third kappa shape index (κ3) is 2.08. The molecule has 1 aromatic heterocycles. The molecule has 4 nitrogen and oxygen atoms in total. The fourth-order valence-corrected chi connectivity index (χ4v) is 2.37. The molecule has 2 aromatic carbocycles. The van der Waals surface area contributed by atoms with Gasteiger partial charge >= 0.3 is 0 Å². The molecule has 6 heteroatoms. The lowest BCUT2D eigenvalue weighted by molar-refractivity contribution is 0.100. The predicted molar refractivity (Wildman–Crippen MR) is 77.7 cm³/mol. The van der Waals surface area contributed by atoms with Crippen molar-refractivity contribution in [2.24, 2.45) is 5.73 Å². The molecule has 0 aliphatic rings. The molecule has 0 saturated carbocycles. The van der Waals surface area contributed by atoms with Gasteiger partial charge in [-0.15, -0.1) is 0 Å². The first-order chi connectivity index (χ1) is 9.56. The minimum atomic E-state index is -0.565. The first-order valence-electron chi connectivity index (χ1n) is 5.80. The number of benzene rings is 2. The normalized spacial score (nSPS) is 10.9. The molecule has 100 valence electrons. The molecule has 0 saturated heterocycles. The van der Waals surface area contributed by atoms with Gasteiger partial charge in [0.1, 0.15) is 17.2 Å². The van der Waals surface area contributed by atoms with Crippen molar-refractivity contribution in [1.29, 1.82) is 0 Å². The van der Waals surface area contributed by atoms with Crippen LogP contribution in [0.1, 0.15) is 10.4 Å². The van der Waals surface area contributed by atoms with Gasteiger partial charge in [-0.2, -0.15) is 0 Å². The van der Waals surface area contributed by atoms with E-state index < -0.39 is 11.7 Å². The van der Waals surface area contributed by atoms with Gasteiger partial charge in [-0.05, 0) is 30.3 Å². The van der Waals surface area contributed by atoms with Crippen LogP contribution in [-0.4, -0.2) is 15.9 Å². The third-order valence-electron chi connectivity index (χ3n) is 2.96. The van der Waals surface area contributed by atoms with E-state index in [1.54, 1.807) is 30.3 Å². The number of carbonyl (C=O) groups excluding carboxylic acids is 1. The number of nitrogens with zero attached hydrogens (tertiary/aromatic N) is 1. The molecule has 0 unspecified atom stereocenters. The number of hydrogen-bond acceptors (Lipinski definition) is 2. The highest BCUT2D eigenvalue weighted by atomic mass is 79.9. The van der Waals surface area contributed by atoms with Gasteiger partial charge in [-0.25, -0.2) is 9.37 Å². The predicted octanol–water partition coefficient (Wildman–Crippen LogP) is 3.23. The van der Waals surface area contributed by atoms with Gasteiger partial charge in [0, 0.05) is 4.47 Å². The minimum Gasteiger partial charge on any atom is -0.366 e. The van der Waals surface area contributed by atoms with Crippen LogP contribution < -0.4 is 5.73 Å². The number of imidazole rings is 1. The summed E-state index contributed by atoms with van der Waals surface area (Å²) in [5.41, 5.74) is 7.03. The quantitative estimate of drug-likeness (QED) is 0.755. The second kappa shape index (κ2) is 4.72.